The van der Waals surface area contributed by atoms with E-state index in [1.165, 1.54) is 0 Å². The van der Waals surface area contributed by atoms with Gasteiger partial charge in [0.15, 0.2) is 0 Å². The average Bonchev–Trinajstić information content (AvgIpc) is 2.73. The van der Waals surface area contributed by atoms with Gasteiger partial charge in [0.05, 0.1) is 41.8 Å². The molecule has 0 fully saturated rings. The molecule has 0 aliphatic heterocycles. The Morgan fingerprint density at radius 1 is 0.794 bits per heavy atom. The van der Waals surface area contributed by atoms with E-state index < -0.39 is 50.0 Å². The molecule has 0 bridgehead atoms. The van der Waals surface area contributed by atoms with Crippen molar-refractivity contribution < 1.29 is 41.6 Å². The Morgan fingerprint density at radius 3 is 1.79 bits per heavy atom. The van der Waals surface area contributed by atoms with Crippen LogP contribution in [0.2, 0.25) is 0 Å². The second-order valence-corrected chi connectivity index (χ2v) is 11.5. The van der Waals surface area contributed by atoms with Gasteiger partial charge < -0.3 is 14.2 Å². The largest absolute Gasteiger partial charge is 0.465 e. The Kier molecular flexibility index (Phi) is 13.3. The summed E-state index contributed by atoms with van der Waals surface area (Å²) in [5.41, 5.74) is -3.41. The maximum atomic E-state index is 13.2. The molecule has 10 heteroatoms. The fourth-order valence-electron chi connectivity index (χ4n) is 3.87. The molecule has 0 saturated carbocycles. The molecule has 2 unspecified atom stereocenters. The minimum Gasteiger partial charge on any atom is -0.465 e. The first kappa shape index (κ1) is 32.3. The molecule has 0 rings (SSSR count). The molecule has 2 radical (unpaired) electrons. The number of rotatable bonds is 17. The van der Waals surface area contributed by atoms with Crippen LogP contribution in [0.15, 0.2) is 0 Å². The van der Waals surface area contributed by atoms with Gasteiger partial charge in [0.2, 0.25) is 0 Å². The fourth-order valence-corrected chi connectivity index (χ4v) is 4.35. The Labute approximate surface area is 205 Å². The van der Waals surface area contributed by atoms with Crippen molar-refractivity contribution in [3.8, 4) is 0 Å². The SMILES string of the molecule is [CH]CCOC(=O)C(C)(CC)CC(C)(CC(C)(C)C(=O)OCCCC)C(=O)OCCCS(=O)(=O)O. The van der Waals surface area contributed by atoms with Gasteiger partial charge in [0.1, 0.15) is 0 Å². The summed E-state index contributed by atoms with van der Waals surface area (Å²) < 4.78 is 46.7. The Bertz CT molecular complexity index is 775. The molecule has 0 aliphatic rings. The van der Waals surface area contributed by atoms with Gasteiger partial charge in [-0.15, -0.1) is 0 Å². The molecule has 0 spiro atoms. The third kappa shape index (κ3) is 11.2. The van der Waals surface area contributed by atoms with Crippen LogP contribution in [0.5, 0.6) is 0 Å². The minimum atomic E-state index is -4.19. The number of esters is 3. The van der Waals surface area contributed by atoms with Crippen LogP contribution < -0.4 is 0 Å². The van der Waals surface area contributed by atoms with Crippen LogP contribution in [-0.4, -0.2) is 56.5 Å². The predicted octanol–water partition coefficient (Wildman–Crippen LogP) is 4.02. The summed E-state index contributed by atoms with van der Waals surface area (Å²) in [7, 11) is -4.19. The van der Waals surface area contributed by atoms with E-state index in [1.54, 1.807) is 34.6 Å². The third-order valence-electron chi connectivity index (χ3n) is 5.79. The fraction of sp³-hybridized carbons (Fsp3) is 0.833. The Morgan fingerprint density at radius 2 is 1.29 bits per heavy atom. The second-order valence-electron chi connectivity index (χ2n) is 9.90. The summed E-state index contributed by atoms with van der Waals surface area (Å²) in [5.74, 6) is -2.20. The summed E-state index contributed by atoms with van der Waals surface area (Å²) in [6.07, 6.45) is 2.08. The highest BCUT2D eigenvalue weighted by molar-refractivity contribution is 7.85. The van der Waals surface area contributed by atoms with Crippen LogP contribution in [0.4, 0.5) is 0 Å². The normalized spacial score (nSPS) is 15.6. The number of carbonyl (C=O) groups is 3. The zero-order chi connectivity index (χ0) is 26.6. The highest BCUT2D eigenvalue weighted by atomic mass is 32.2. The minimum absolute atomic E-state index is 0.0296. The molecular formula is C24H42O9S. The van der Waals surface area contributed by atoms with Crippen molar-refractivity contribution in [2.75, 3.05) is 25.6 Å². The van der Waals surface area contributed by atoms with Crippen molar-refractivity contribution in [2.45, 2.75) is 86.5 Å². The van der Waals surface area contributed by atoms with Gasteiger partial charge in [-0.05, 0) is 73.1 Å². The Hall–Kier alpha value is -1.68. The molecule has 198 valence electrons. The van der Waals surface area contributed by atoms with E-state index in [4.69, 9.17) is 25.7 Å². The number of hydrogen-bond acceptors (Lipinski definition) is 8. The van der Waals surface area contributed by atoms with Crippen LogP contribution in [0, 0.1) is 23.2 Å². The van der Waals surface area contributed by atoms with Crippen LogP contribution in [-0.2, 0) is 38.7 Å². The van der Waals surface area contributed by atoms with E-state index >= 15 is 0 Å². The van der Waals surface area contributed by atoms with Gasteiger partial charge in [0.25, 0.3) is 10.1 Å². The molecule has 0 amide bonds. The number of carbonyl (C=O) groups excluding carboxylic acids is 3. The lowest BCUT2D eigenvalue weighted by Crippen LogP contribution is -2.44. The van der Waals surface area contributed by atoms with E-state index in [0.717, 1.165) is 12.8 Å². The van der Waals surface area contributed by atoms with Crippen molar-refractivity contribution in [3.63, 3.8) is 0 Å². The molecule has 0 aliphatic carbocycles. The van der Waals surface area contributed by atoms with E-state index in [1.807, 2.05) is 6.92 Å². The first-order valence-corrected chi connectivity index (χ1v) is 13.3. The van der Waals surface area contributed by atoms with Crippen LogP contribution in [0.1, 0.15) is 86.5 Å². The lowest BCUT2D eigenvalue weighted by atomic mass is 9.65. The van der Waals surface area contributed by atoms with Crippen LogP contribution in [0.25, 0.3) is 0 Å². The number of ether oxygens (including phenoxy) is 3. The first-order valence-electron chi connectivity index (χ1n) is 11.7. The van der Waals surface area contributed by atoms with Crippen LogP contribution >= 0.6 is 0 Å². The van der Waals surface area contributed by atoms with Gasteiger partial charge in [-0.1, -0.05) is 20.3 Å². The molecule has 2 atom stereocenters. The molecule has 9 nitrogen and oxygen atoms in total. The van der Waals surface area contributed by atoms with Gasteiger partial charge in [-0.25, -0.2) is 0 Å². The van der Waals surface area contributed by atoms with Crippen molar-refractivity contribution in [1.29, 1.82) is 0 Å². The van der Waals surface area contributed by atoms with E-state index in [0.29, 0.717) is 6.42 Å². The monoisotopic (exact) mass is 506 g/mol. The van der Waals surface area contributed by atoms with Gasteiger partial charge in [0, 0.05) is 0 Å². The van der Waals surface area contributed by atoms with Gasteiger partial charge >= 0.3 is 17.9 Å². The Balaban J connectivity index is 5.81. The predicted molar refractivity (Wildman–Crippen MR) is 127 cm³/mol. The zero-order valence-corrected chi connectivity index (χ0v) is 22.3. The zero-order valence-electron chi connectivity index (χ0n) is 21.5. The average molecular weight is 507 g/mol. The van der Waals surface area contributed by atoms with E-state index in [9.17, 15) is 22.8 Å². The number of unbranched alkanes of at least 4 members (excludes halogenated alkanes) is 1. The number of hydrogen-bond donors (Lipinski definition) is 1. The quantitative estimate of drug-likeness (QED) is 0.134. The highest BCUT2D eigenvalue weighted by Gasteiger charge is 2.49. The highest BCUT2D eigenvalue weighted by Crippen LogP contribution is 2.45. The topological polar surface area (TPSA) is 133 Å². The van der Waals surface area contributed by atoms with Gasteiger partial charge in [-0.2, -0.15) is 8.42 Å². The lowest BCUT2D eigenvalue weighted by molar-refractivity contribution is -0.168. The van der Waals surface area contributed by atoms with E-state index in [2.05, 4.69) is 0 Å². The molecule has 1 N–H and O–H groups in total. The molecule has 0 aromatic rings. The summed E-state index contributed by atoms with van der Waals surface area (Å²) >= 11 is 0. The standard InChI is InChI=1S/C24H42O9S/c1-8-11-14-32-19(25)22(4,5)17-24(7,21(27)33-15-12-16-34(28,29)30)18-23(6,10-3)20(26)31-13-9-2/h2H,8-18H2,1,3-7H3,(H,28,29,30). The summed E-state index contributed by atoms with van der Waals surface area (Å²) in [6, 6.07) is 0. The van der Waals surface area contributed by atoms with Gasteiger partial charge in [-0.3, -0.25) is 18.9 Å². The van der Waals surface area contributed by atoms with Crippen molar-refractivity contribution in [1.82, 2.24) is 0 Å². The molecule has 0 heterocycles. The smallest absolute Gasteiger partial charge is 0.311 e. The summed E-state index contributed by atoms with van der Waals surface area (Å²) in [6.45, 7) is 15.9. The third-order valence-corrected chi connectivity index (χ3v) is 6.60. The maximum Gasteiger partial charge on any atom is 0.311 e. The van der Waals surface area contributed by atoms with Crippen molar-refractivity contribution >= 4 is 28.0 Å². The molecule has 34 heavy (non-hydrogen) atoms. The summed E-state index contributed by atoms with van der Waals surface area (Å²) in [4.78, 5) is 38.8. The molecule has 0 aromatic carbocycles. The van der Waals surface area contributed by atoms with Crippen molar-refractivity contribution in [3.05, 3.63) is 6.92 Å². The molecule has 0 saturated heterocycles. The maximum absolute atomic E-state index is 13.2. The second kappa shape index (κ2) is 14.0. The lowest BCUT2D eigenvalue weighted by Gasteiger charge is -2.39. The van der Waals surface area contributed by atoms with Crippen molar-refractivity contribution in [2.24, 2.45) is 16.2 Å². The molecular weight excluding hydrogens is 464 g/mol. The van der Waals surface area contributed by atoms with E-state index in [-0.39, 0.29) is 45.5 Å². The first-order chi connectivity index (χ1) is 15.6. The summed E-state index contributed by atoms with van der Waals surface area (Å²) in [5, 5.41) is 0. The van der Waals surface area contributed by atoms with Crippen LogP contribution in [0.3, 0.4) is 0 Å². The molecule has 0 aromatic heterocycles.